The summed E-state index contributed by atoms with van der Waals surface area (Å²) in [6.07, 6.45) is 2.56. The van der Waals surface area contributed by atoms with Crippen molar-refractivity contribution in [3.8, 4) is 11.8 Å². The fourth-order valence-electron chi connectivity index (χ4n) is 3.10. The molecule has 0 aromatic heterocycles. The van der Waals surface area contributed by atoms with Gasteiger partial charge in [0.05, 0.1) is 18.8 Å². The predicted molar refractivity (Wildman–Crippen MR) is 80.9 cm³/mol. The van der Waals surface area contributed by atoms with E-state index < -0.39 is 0 Å². The average Bonchev–Trinajstić information content (AvgIpc) is 2.84. The fraction of sp³-hybridized carbons (Fsp3) is 0.471. The molecule has 2 bridgehead atoms. The molecule has 1 aromatic rings. The number of nitrogens with zero attached hydrogens (tertiary/aromatic N) is 1. The normalized spacial score (nSPS) is 23.6. The van der Waals surface area contributed by atoms with Crippen molar-refractivity contribution in [3.05, 3.63) is 34.9 Å². The first-order valence-electron chi connectivity index (χ1n) is 7.42. The van der Waals surface area contributed by atoms with Crippen molar-refractivity contribution < 1.29 is 9.53 Å². The van der Waals surface area contributed by atoms with Crippen LogP contribution in [0.4, 0.5) is 0 Å². The monoisotopic (exact) mass is 284 g/mol. The number of hydrogen-bond acceptors (Lipinski definition) is 3. The highest BCUT2D eigenvalue weighted by atomic mass is 16.5. The number of likely N-dealkylation sites (tertiary alicyclic amines) is 1. The number of hydrogen-bond donors (Lipinski definition) is 1. The second-order valence-electron chi connectivity index (χ2n) is 5.65. The molecule has 2 saturated heterocycles. The molecule has 0 saturated carbocycles. The van der Waals surface area contributed by atoms with Crippen molar-refractivity contribution in [1.29, 1.82) is 0 Å². The van der Waals surface area contributed by atoms with Crippen LogP contribution in [0.5, 0.6) is 0 Å². The van der Waals surface area contributed by atoms with E-state index in [0.717, 1.165) is 29.5 Å². The Labute approximate surface area is 125 Å². The van der Waals surface area contributed by atoms with Crippen LogP contribution in [0.3, 0.4) is 0 Å². The van der Waals surface area contributed by atoms with Crippen molar-refractivity contribution in [2.24, 2.45) is 5.73 Å². The minimum Gasteiger partial charge on any atom is -0.371 e. The maximum absolute atomic E-state index is 12.8. The molecule has 2 unspecified atom stereocenters. The van der Waals surface area contributed by atoms with E-state index in [1.54, 1.807) is 0 Å². The second kappa shape index (κ2) is 5.88. The van der Waals surface area contributed by atoms with Crippen LogP contribution in [0, 0.1) is 18.8 Å². The van der Waals surface area contributed by atoms with Gasteiger partial charge in [0.2, 0.25) is 0 Å². The fourth-order valence-corrected chi connectivity index (χ4v) is 3.10. The number of ether oxygens (including phenoxy) is 1. The minimum absolute atomic E-state index is 0.0871. The van der Waals surface area contributed by atoms with Crippen molar-refractivity contribution in [3.63, 3.8) is 0 Å². The molecule has 2 aliphatic rings. The van der Waals surface area contributed by atoms with Crippen molar-refractivity contribution in [1.82, 2.24) is 4.90 Å². The molecular weight excluding hydrogens is 264 g/mol. The Kier molecular flexibility index (Phi) is 3.96. The van der Waals surface area contributed by atoms with E-state index in [2.05, 4.69) is 11.8 Å². The Morgan fingerprint density at radius 2 is 2.10 bits per heavy atom. The number of rotatable bonds is 1. The third kappa shape index (κ3) is 2.80. The third-order valence-corrected chi connectivity index (χ3v) is 4.22. The zero-order valence-electron chi connectivity index (χ0n) is 12.3. The molecule has 2 fully saturated rings. The van der Waals surface area contributed by atoms with Crippen LogP contribution in [0.2, 0.25) is 0 Å². The van der Waals surface area contributed by atoms with Gasteiger partial charge in [0.25, 0.3) is 5.91 Å². The van der Waals surface area contributed by atoms with Gasteiger partial charge in [-0.2, -0.15) is 0 Å². The number of carbonyl (C=O) groups excluding carboxylic acids is 1. The van der Waals surface area contributed by atoms with E-state index in [-0.39, 0.29) is 18.1 Å². The number of nitrogens with two attached hydrogens (primary N) is 1. The van der Waals surface area contributed by atoms with Gasteiger partial charge < -0.3 is 15.4 Å². The van der Waals surface area contributed by atoms with Gasteiger partial charge >= 0.3 is 0 Å². The Morgan fingerprint density at radius 3 is 2.76 bits per heavy atom. The van der Waals surface area contributed by atoms with Crippen molar-refractivity contribution >= 4 is 5.91 Å². The van der Waals surface area contributed by atoms with E-state index >= 15 is 0 Å². The van der Waals surface area contributed by atoms with Gasteiger partial charge in [-0.1, -0.05) is 17.9 Å². The summed E-state index contributed by atoms with van der Waals surface area (Å²) < 4.78 is 5.79. The summed E-state index contributed by atoms with van der Waals surface area (Å²) in [6.45, 7) is 3.67. The molecule has 0 spiro atoms. The molecule has 4 nitrogen and oxygen atoms in total. The summed E-state index contributed by atoms with van der Waals surface area (Å²) in [5, 5.41) is 0. The first-order chi connectivity index (χ1) is 10.2. The molecule has 21 heavy (non-hydrogen) atoms. The summed E-state index contributed by atoms with van der Waals surface area (Å²) in [6, 6.07) is 5.69. The van der Waals surface area contributed by atoms with Crippen LogP contribution in [0.15, 0.2) is 18.2 Å². The maximum atomic E-state index is 12.8. The highest BCUT2D eigenvalue weighted by molar-refractivity contribution is 5.96. The molecule has 4 heteroatoms. The summed E-state index contributed by atoms with van der Waals surface area (Å²) >= 11 is 0. The van der Waals surface area contributed by atoms with E-state index in [1.807, 2.05) is 30.0 Å². The molecule has 1 amide bonds. The topological polar surface area (TPSA) is 55.6 Å². The lowest BCUT2D eigenvalue weighted by Gasteiger charge is -2.32. The second-order valence-corrected chi connectivity index (χ2v) is 5.65. The molecule has 110 valence electrons. The van der Waals surface area contributed by atoms with Crippen LogP contribution < -0.4 is 5.73 Å². The van der Waals surface area contributed by atoms with Crippen LogP contribution in [0.1, 0.15) is 34.3 Å². The van der Waals surface area contributed by atoms with Crippen LogP contribution >= 0.6 is 0 Å². The molecular formula is C17H20N2O2. The van der Waals surface area contributed by atoms with Gasteiger partial charge in [0, 0.05) is 24.2 Å². The van der Waals surface area contributed by atoms with Gasteiger partial charge in [0.1, 0.15) is 0 Å². The van der Waals surface area contributed by atoms with E-state index in [0.29, 0.717) is 19.6 Å². The number of fused-ring (bicyclic) bond motifs is 2. The van der Waals surface area contributed by atoms with Crippen LogP contribution in [-0.2, 0) is 4.74 Å². The van der Waals surface area contributed by atoms with Gasteiger partial charge in [0.15, 0.2) is 0 Å². The molecule has 3 rings (SSSR count). The van der Waals surface area contributed by atoms with E-state index in [9.17, 15) is 4.79 Å². The molecule has 2 aliphatic heterocycles. The van der Waals surface area contributed by atoms with Gasteiger partial charge in [-0.05, 0) is 37.5 Å². The lowest BCUT2D eigenvalue weighted by atomic mass is 10.0. The lowest BCUT2D eigenvalue weighted by molar-refractivity contribution is -0.0303. The van der Waals surface area contributed by atoms with Gasteiger partial charge in [-0.25, -0.2) is 0 Å². The SMILES string of the molecule is Cc1c(C#CCN)cccc1C(=O)N1CC2CCC(C1)O2. The van der Waals surface area contributed by atoms with Crippen LogP contribution in [0.25, 0.3) is 0 Å². The average molecular weight is 284 g/mol. The minimum atomic E-state index is 0.0871. The summed E-state index contributed by atoms with van der Waals surface area (Å²) in [5.74, 6) is 5.97. The van der Waals surface area contributed by atoms with E-state index in [4.69, 9.17) is 10.5 Å². The molecule has 0 aliphatic carbocycles. The quantitative estimate of drug-likeness (QED) is 0.791. The Morgan fingerprint density at radius 1 is 1.38 bits per heavy atom. The van der Waals surface area contributed by atoms with Gasteiger partial charge in [-0.3, -0.25) is 4.79 Å². The van der Waals surface area contributed by atoms with Crippen LogP contribution in [-0.4, -0.2) is 42.6 Å². The first kappa shape index (κ1) is 14.1. The standard InChI is InChI=1S/C17H20N2O2/c1-12-13(5-3-9-18)4-2-6-16(12)17(20)19-10-14-7-8-15(11-19)21-14/h2,4,6,14-15H,7-11,18H2,1H3. The molecule has 2 heterocycles. The largest absolute Gasteiger partial charge is 0.371 e. The van der Waals surface area contributed by atoms with Gasteiger partial charge in [-0.15, -0.1) is 0 Å². The molecule has 2 N–H and O–H groups in total. The lowest BCUT2D eigenvalue weighted by Crippen LogP contribution is -2.46. The maximum Gasteiger partial charge on any atom is 0.254 e. The van der Waals surface area contributed by atoms with E-state index in [1.165, 1.54) is 0 Å². The third-order valence-electron chi connectivity index (χ3n) is 4.22. The number of carbonyl (C=O) groups is 1. The highest BCUT2D eigenvalue weighted by Crippen LogP contribution is 2.27. The summed E-state index contributed by atoms with van der Waals surface area (Å²) in [5.41, 5.74) is 7.96. The van der Waals surface area contributed by atoms with Crippen molar-refractivity contribution in [2.75, 3.05) is 19.6 Å². The molecule has 2 atom stereocenters. The summed E-state index contributed by atoms with van der Waals surface area (Å²) in [4.78, 5) is 14.7. The first-order valence-corrected chi connectivity index (χ1v) is 7.42. The highest BCUT2D eigenvalue weighted by Gasteiger charge is 2.36. The van der Waals surface area contributed by atoms with Crippen molar-refractivity contribution in [2.45, 2.75) is 32.0 Å². The Balaban J connectivity index is 1.84. The zero-order chi connectivity index (χ0) is 14.8. The zero-order valence-corrected chi connectivity index (χ0v) is 12.3. The summed E-state index contributed by atoms with van der Waals surface area (Å²) in [7, 11) is 0. The molecule has 1 aromatic carbocycles. The smallest absolute Gasteiger partial charge is 0.254 e. The Bertz CT molecular complexity index is 603. The number of amides is 1. The number of morpholine rings is 1. The Hall–Kier alpha value is -1.83. The molecule has 0 radical (unpaired) electrons. The number of benzene rings is 1. The predicted octanol–water partition coefficient (Wildman–Crippen LogP) is 1.31.